The monoisotopic (exact) mass is 414 g/mol. The first-order chi connectivity index (χ1) is 14.6. The normalized spacial score (nSPS) is 19.5. The first-order valence-corrected chi connectivity index (χ1v) is 11.5. The van der Waals surface area contributed by atoms with E-state index in [9.17, 15) is 13.2 Å². The number of unbranched alkanes of at least 4 members (excludes halogenated alkanes) is 5. The summed E-state index contributed by atoms with van der Waals surface area (Å²) in [7, 11) is 0. The van der Waals surface area contributed by atoms with Crippen LogP contribution in [0.5, 0.6) is 0 Å². The highest BCUT2D eigenvalue weighted by atomic mass is 19.2. The minimum absolute atomic E-state index is 0.281. The molecular weight excluding hydrogens is 381 g/mol. The van der Waals surface area contributed by atoms with E-state index in [1.54, 1.807) is 18.2 Å². The molecule has 30 heavy (non-hydrogen) atoms. The summed E-state index contributed by atoms with van der Waals surface area (Å²) in [5, 5.41) is 0. The summed E-state index contributed by atoms with van der Waals surface area (Å²) in [6.07, 6.45) is 12.7. The van der Waals surface area contributed by atoms with Gasteiger partial charge in [0, 0.05) is 11.1 Å². The van der Waals surface area contributed by atoms with Crippen LogP contribution in [0, 0.1) is 11.6 Å². The second-order valence-electron chi connectivity index (χ2n) is 8.51. The molecule has 3 heteroatoms. The Morgan fingerprint density at radius 3 is 2.23 bits per heavy atom. The second-order valence-corrected chi connectivity index (χ2v) is 8.51. The van der Waals surface area contributed by atoms with Gasteiger partial charge in [-0.25, -0.2) is 13.2 Å². The van der Waals surface area contributed by atoms with Gasteiger partial charge in [-0.1, -0.05) is 81.2 Å². The van der Waals surface area contributed by atoms with Crippen LogP contribution in [0.4, 0.5) is 13.2 Å². The topological polar surface area (TPSA) is 0 Å². The van der Waals surface area contributed by atoms with Crippen molar-refractivity contribution in [3.63, 3.8) is 0 Å². The van der Waals surface area contributed by atoms with Crippen molar-refractivity contribution in [1.82, 2.24) is 0 Å². The zero-order valence-corrected chi connectivity index (χ0v) is 18.0. The molecule has 0 unspecified atom stereocenters. The molecule has 0 aromatic heterocycles. The quantitative estimate of drug-likeness (QED) is 0.359. The van der Waals surface area contributed by atoms with E-state index >= 15 is 0 Å². The van der Waals surface area contributed by atoms with Gasteiger partial charge >= 0.3 is 0 Å². The molecule has 0 nitrogen and oxygen atoms in total. The van der Waals surface area contributed by atoms with Crippen molar-refractivity contribution < 1.29 is 13.2 Å². The van der Waals surface area contributed by atoms with E-state index in [1.165, 1.54) is 25.7 Å². The molecule has 0 bridgehead atoms. The van der Waals surface area contributed by atoms with E-state index in [2.05, 4.69) is 6.92 Å². The Bertz CT molecular complexity index is 815. The van der Waals surface area contributed by atoms with Gasteiger partial charge in [-0.15, -0.1) is 0 Å². The van der Waals surface area contributed by atoms with Gasteiger partial charge in [0.05, 0.1) is 0 Å². The first kappa shape index (κ1) is 22.7. The summed E-state index contributed by atoms with van der Waals surface area (Å²) < 4.78 is 42.6. The lowest BCUT2D eigenvalue weighted by Crippen LogP contribution is -2.13. The zero-order chi connectivity index (χ0) is 21.3. The van der Waals surface area contributed by atoms with Crippen LogP contribution >= 0.6 is 0 Å². The van der Waals surface area contributed by atoms with Crippen LogP contribution in [-0.2, 0) is 0 Å². The highest BCUT2D eigenvalue weighted by molar-refractivity contribution is 5.67. The Morgan fingerprint density at radius 1 is 0.833 bits per heavy atom. The molecule has 162 valence electrons. The molecule has 1 aliphatic carbocycles. The molecule has 1 aliphatic rings. The summed E-state index contributed by atoms with van der Waals surface area (Å²) in [6.45, 7) is 2.19. The third kappa shape index (κ3) is 6.00. The smallest absolute Gasteiger partial charge is 0.167 e. The van der Waals surface area contributed by atoms with Crippen molar-refractivity contribution in [2.75, 3.05) is 0 Å². The molecule has 2 aromatic rings. The Labute approximate surface area is 179 Å². The Balaban J connectivity index is 1.63. The molecule has 0 radical (unpaired) electrons. The standard InChI is InChI=1S/C27H33F3/c1-2-3-4-5-6-7-8-9-23-16-19-25(27(30)26(23)29)22-12-10-20(11-13-22)21-14-17-24(28)18-15-21/h8-13,16,19,21,24H,2-7,14-15,17-18H2,1H3/b9-8+. The fraction of sp³-hybridized carbons (Fsp3) is 0.481. The average molecular weight is 415 g/mol. The summed E-state index contributed by atoms with van der Waals surface area (Å²) in [5.74, 6) is -1.23. The molecule has 0 N–H and O–H groups in total. The van der Waals surface area contributed by atoms with Crippen LogP contribution in [0.2, 0.25) is 0 Å². The molecule has 3 rings (SSSR count). The van der Waals surface area contributed by atoms with Gasteiger partial charge in [-0.05, 0) is 55.6 Å². The molecule has 0 amide bonds. The van der Waals surface area contributed by atoms with Crippen molar-refractivity contribution in [3.8, 4) is 11.1 Å². The maximum atomic E-state index is 14.7. The van der Waals surface area contributed by atoms with Gasteiger partial charge < -0.3 is 0 Å². The molecule has 0 spiro atoms. The van der Waals surface area contributed by atoms with Gasteiger partial charge in [0.25, 0.3) is 0 Å². The van der Waals surface area contributed by atoms with Gasteiger partial charge in [0.2, 0.25) is 0 Å². The van der Waals surface area contributed by atoms with Gasteiger partial charge in [-0.2, -0.15) is 0 Å². The van der Waals surface area contributed by atoms with Crippen LogP contribution < -0.4 is 0 Å². The number of benzene rings is 2. The summed E-state index contributed by atoms with van der Waals surface area (Å²) in [6, 6.07) is 11.0. The first-order valence-electron chi connectivity index (χ1n) is 11.5. The SMILES string of the molecule is CCCCCCC/C=C/c1ccc(-c2ccc(C3CCC(F)CC3)cc2)c(F)c1F. The minimum Gasteiger partial charge on any atom is -0.247 e. The number of allylic oxidation sites excluding steroid dienone is 1. The summed E-state index contributed by atoms with van der Waals surface area (Å²) in [5.41, 5.74) is 2.40. The third-order valence-electron chi connectivity index (χ3n) is 6.23. The number of alkyl halides is 1. The average Bonchev–Trinajstić information content (AvgIpc) is 2.77. The van der Waals surface area contributed by atoms with Crippen LogP contribution in [-0.4, -0.2) is 6.17 Å². The Hall–Kier alpha value is -2.03. The van der Waals surface area contributed by atoms with E-state index in [1.807, 2.05) is 30.3 Å². The minimum atomic E-state index is -0.800. The zero-order valence-electron chi connectivity index (χ0n) is 18.0. The number of hydrogen-bond acceptors (Lipinski definition) is 0. The summed E-state index contributed by atoms with van der Waals surface area (Å²) >= 11 is 0. The highest BCUT2D eigenvalue weighted by Gasteiger charge is 2.22. The lowest BCUT2D eigenvalue weighted by Gasteiger charge is -2.24. The van der Waals surface area contributed by atoms with Crippen LogP contribution in [0.15, 0.2) is 42.5 Å². The van der Waals surface area contributed by atoms with Gasteiger partial charge in [-0.3, -0.25) is 0 Å². The lowest BCUT2D eigenvalue weighted by atomic mass is 9.83. The summed E-state index contributed by atoms with van der Waals surface area (Å²) in [4.78, 5) is 0. The fourth-order valence-corrected chi connectivity index (χ4v) is 4.31. The maximum Gasteiger partial charge on any atom is 0.167 e. The van der Waals surface area contributed by atoms with E-state index in [4.69, 9.17) is 0 Å². The van der Waals surface area contributed by atoms with E-state index in [-0.39, 0.29) is 5.56 Å². The number of halogens is 3. The molecule has 1 saturated carbocycles. The largest absolute Gasteiger partial charge is 0.247 e. The van der Waals surface area contributed by atoms with Crippen molar-refractivity contribution in [2.24, 2.45) is 0 Å². The Kier molecular flexibility index (Phi) is 8.60. The third-order valence-corrected chi connectivity index (χ3v) is 6.23. The van der Waals surface area contributed by atoms with Crippen molar-refractivity contribution >= 4 is 6.08 Å². The molecular formula is C27H33F3. The Morgan fingerprint density at radius 2 is 1.53 bits per heavy atom. The van der Waals surface area contributed by atoms with Crippen LogP contribution in [0.25, 0.3) is 17.2 Å². The molecule has 0 heterocycles. The fourth-order valence-electron chi connectivity index (χ4n) is 4.31. The molecule has 0 aliphatic heterocycles. The predicted molar refractivity (Wildman–Crippen MR) is 120 cm³/mol. The molecule has 0 atom stereocenters. The van der Waals surface area contributed by atoms with Crippen LogP contribution in [0.1, 0.15) is 88.2 Å². The van der Waals surface area contributed by atoms with E-state index < -0.39 is 17.8 Å². The lowest BCUT2D eigenvalue weighted by molar-refractivity contribution is 0.235. The predicted octanol–water partition coefficient (Wildman–Crippen LogP) is 9.00. The molecule has 0 saturated heterocycles. The van der Waals surface area contributed by atoms with Crippen LogP contribution in [0.3, 0.4) is 0 Å². The van der Waals surface area contributed by atoms with Gasteiger partial charge in [0.1, 0.15) is 6.17 Å². The van der Waals surface area contributed by atoms with E-state index in [0.29, 0.717) is 29.9 Å². The van der Waals surface area contributed by atoms with Crippen molar-refractivity contribution in [1.29, 1.82) is 0 Å². The van der Waals surface area contributed by atoms with Crippen molar-refractivity contribution in [3.05, 3.63) is 65.2 Å². The van der Waals surface area contributed by atoms with Gasteiger partial charge in [0.15, 0.2) is 11.6 Å². The maximum absolute atomic E-state index is 14.7. The molecule has 1 fully saturated rings. The second kappa shape index (κ2) is 11.4. The number of hydrogen-bond donors (Lipinski definition) is 0. The van der Waals surface area contributed by atoms with Crippen molar-refractivity contribution in [2.45, 2.75) is 83.2 Å². The van der Waals surface area contributed by atoms with E-state index in [0.717, 1.165) is 31.2 Å². The number of rotatable bonds is 9. The highest BCUT2D eigenvalue weighted by Crippen LogP contribution is 2.35. The molecule has 2 aromatic carbocycles.